The molecule has 0 atom stereocenters. The Morgan fingerprint density at radius 1 is 1.18 bits per heavy atom. The van der Waals surface area contributed by atoms with Crippen molar-refractivity contribution in [2.24, 2.45) is 0 Å². The quantitative estimate of drug-likeness (QED) is 0.477. The third kappa shape index (κ3) is 40.3. The Labute approximate surface area is 107 Å². The van der Waals surface area contributed by atoms with E-state index in [4.69, 9.17) is 5.26 Å². The molecule has 0 aliphatic rings. The first-order valence-corrected chi connectivity index (χ1v) is 5.78. The Kier molecular flexibility index (Phi) is 42.4. The lowest BCUT2D eigenvalue weighted by Gasteiger charge is -1.90. The van der Waals surface area contributed by atoms with E-state index in [1.54, 1.807) is 19.1 Å². The van der Waals surface area contributed by atoms with E-state index in [1.807, 2.05) is 26.8 Å². The van der Waals surface area contributed by atoms with E-state index in [1.165, 1.54) is 12.5 Å². The predicted molar refractivity (Wildman–Crippen MR) is 76.1 cm³/mol. The topological polar surface area (TPSA) is 23.8 Å². The third-order valence-electron chi connectivity index (χ3n) is 1.44. The highest BCUT2D eigenvalue weighted by atomic mass is 19.1. The predicted octanol–water partition coefficient (Wildman–Crippen LogP) is 5.41. The summed E-state index contributed by atoms with van der Waals surface area (Å²) in [7, 11) is 0. The van der Waals surface area contributed by atoms with Gasteiger partial charge >= 0.3 is 0 Å². The van der Waals surface area contributed by atoms with Crippen LogP contribution in [0.15, 0.2) is 23.6 Å². The van der Waals surface area contributed by atoms with Gasteiger partial charge < -0.3 is 0 Å². The molecule has 2 heteroatoms. The molecule has 0 aromatic rings. The van der Waals surface area contributed by atoms with Crippen molar-refractivity contribution in [3.05, 3.63) is 23.6 Å². The van der Waals surface area contributed by atoms with Crippen molar-refractivity contribution in [1.29, 1.82) is 5.26 Å². The van der Waals surface area contributed by atoms with Crippen LogP contribution in [-0.2, 0) is 0 Å². The van der Waals surface area contributed by atoms with Crippen molar-refractivity contribution < 1.29 is 4.39 Å². The van der Waals surface area contributed by atoms with Gasteiger partial charge in [-0.2, -0.15) is 5.26 Å². The van der Waals surface area contributed by atoms with Gasteiger partial charge in [0, 0.05) is 6.92 Å². The molecule has 0 unspecified atom stereocenters. The summed E-state index contributed by atoms with van der Waals surface area (Å²) in [4.78, 5) is 0. The van der Waals surface area contributed by atoms with Crippen molar-refractivity contribution in [2.45, 2.75) is 54.4 Å². The smallest absolute Gasteiger partial charge is 0.0996 e. The minimum absolute atomic E-state index is 0.0483. The number of hydrogen-bond acceptors (Lipinski definition) is 1. The molecule has 0 aliphatic carbocycles. The highest BCUT2D eigenvalue weighted by Gasteiger charge is 1.85. The lowest BCUT2D eigenvalue weighted by Crippen LogP contribution is -1.70. The Hall–Kier alpha value is -1.54. The van der Waals surface area contributed by atoms with Crippen LogP contribution in [0.25, 0.3) is 0 Å². The number of terminal acetylenes is 1. The third-order valence-corrected chi connectivity index (χ3v) is 1.44. The van der Waals surface area contributed by atoms with E-state index < -0.39 is 0 Å². The highest BCUT2D eigenvalue weighted by Crippen LogP contribution is 2.04. The Morgan fingerprint density at radius 3 is 1.76 bits per heavy atom. The second-order valence-electron chi connectivity index (χ2n) is 2.56. The molecule has 0 N–H and O–H groups in total. The summed E-state index contributed by atoms with van der Waals surface area (Å²) in [5, 5.41) is 7.32. The Morgan fingerprint density at radius 2 is 1.53 bits per heavy atom. The summed E-state index contributed by atoms with van der Waals surface area (Å²) in [5.41, 5.74) is 1.21. The molecule has 0 aliphatic heterocycles. The molecule has 0 rings (SSSR count). The monoisotopic (exact) mass is 239 g/mol. The van der Waals surface area contributed by atoms with E-state index in [2.05, 4.69) is 19.8 Å². The molecule has 0 aromatic carbocycles. The number of hydrogen-bond donors (Lipinski definition) is 0. The van der Waals surface area contributed by atoms with Gasteiger partial charge in [0.15, 0.2) is 0 Å². The average Bonchev–Trinajstić information content (AvgIpc) is 2.41. The molecule has 0 fully saturated rings. The van der Waals surface area contributed by atoms with E-state index in [9.17, 15) is 4.39 Å². The van der Waals surface area contributed by atoms with Crippen LogP contribution in [0, 0.1) is 24.2 Å². The van der Waals surface area contributed by atoms with Gasteiger partial charge in [0.1, 0.15) is 0 Å². The summed E-state index contributed by atoms with van der Waals surface area (Å²) in [6.07, 6.45) is 12.9. The van der Waals surface area contributed by atoms with Gasteiger partial charge in [0.05, 0.1) is 11.9 Å². The molecule has 0 spiro atoms. The molecule has 1 nitrogen and oxygen atoms in total. The number of nitrogens with zero attached hydrogens (tertiary/aromatic N) is 1. The van der Waals surface area contributed by atoms with Crippen LogP contribution in [-0.4, -0.2) is 0 Å². The lowest BCUT2D eigenvalue weighted by molar-refractivity contribution is 0.604. The summed E-state index contributed by atoms with van der Waals surface area (Å²) in [6, 6.07) is 1.75. The minimum atomic E-state index is -0.0483. The van der Waals surface area contributed by atoms with E-state index in [-0.39, 0.29) is 5.83 Å². The first-order chi connectivity index (χ1) is 8.12. The average molecular weight is 239 g/mol. The van der Waals surface area contributed by atoms with Gasteiger partial charge in [-0.1, -0.05) is 39.3 Å². The SMILES string of the molecule is C#C.CC.CC#N.CC/C(C)=C/C=C(/F)CC. The molecule has 0 bridgehead atoms. The zero-order valence-corrected chi connectivity index (χ0v) is 12.0. The van der Waals surface area contributed by atoms with Crippen LogP contribution in [0.5, 0.6) is 0 Å². The van der Waals surface area contributed by atoms with Gasteiger partial charge in [-0.15, -0.1) is 12.8 Å². The van der Waals surface area contributed by atoms with E-state index >= 15 is 0 Å². The van der Waals surface area contributed by atoms with Gasteiger partial charge in [-0.3, -0.25) is 0 Å². The molecule has 98 valence electrons. The second kappa shape index (κ2) is 29.3. The van der Waals surface area contributed by atoms with Crippen molar-refractivity contribution in [1.82, 2.24) is 0 Å². The van der Waals surface area contributed by atoms with Crippen LogP contribution in [0.2, 0.25) is 0 Å². The maximum Gasteiger partial charge on any atom is 0.0996 e. The first kappa shape index (κ1) is 24.6. The summed E-state index contributed by atoms with van der Waals surface area (Å²) < 4.78 is 12.4. The maximum absolute atomic E-state index is 12.4. The molecular formula is C15H26FN. The molecule has 17 heavy (non-hydrogen) atoms. The Balaban J connectivity index is -0.000000102. The van der Waals surface area contributed by atoms with Crippen LogP contribution in [0.1, 0.15) is 54.4 Å². The molecule has 0 saturated carbocycles. The number of allylic oxidation sites excluding steroid dienone is 4. The van der Waals surface area contributed by atoms with Crippen molar-refractivity contribution in [3.8, 4) is 18.9 Å². The maximum atomic E-state index is 12.4. The van der Waals surface area contributed by atoms with Crippen LogP contribution >= 0.6 is 0 Å². The van der Waals surface area contributed by atoms with Crippen LogP contribution in [0.4, 0.5) is 4.39 Å². The van der Waals surface area contributed by atoms with Crippen molar-refractivity contribution >= 4 is 0 Å². The van der Waals surface area contributed by atoms with Crippen molar-refractivity contribution in [3.63, 3.8) is 0 Å². The summed E-state index contributed by atoms with van der Waals surface area (Å²) >= 11 is 0. The number of halogens is 1. The molecule has 0 heterocycles. The summed E-state index contributed by atoms with van der Waals surface area (Å²) in [5.74, 6) is -0.0483. The number of rotatable bonds is 3. The van der Waals surface area contributed by atoms with Crippen LogP contribution in [0.3, 0.4) is 0 Å². The fourth-order valence-corrected chi connectivity index (χ4v) is 0.468. The molecular weight excluding hydrogens is 213 g/mol. The van der Waals surface area contributed by atoms with Gasteiger partial charge in [-0.25, -0.2) is 4.39 Å². The fourth-order valence-electron chi connectivity index (χ4n) is 0.468. The zero-order valence-electron chi connectivity index (χ0n) is 12.0. The largest absolute Gasteiger partial charge is 0.212 e. The summed E-state index contributed by atoms with van der Waals surface area (Å²) in [6.45, 7) is 11.3. The van der Waals surface area contributed by atoms with E-state index in [0.717, 1.165) is 6.42 Å². The normalized spacial score (nSPS) is 9.18. The van der Waals surface area contributed by atoms with E-state index in [0.29, 0.717) is 6.42 Å². The first-order valence-electron chi connectivity index (χ1n) is 5.78. The molecule has 0 radical (unpaired) electrons. The highest BCUT2D eigenvalue weighted by molar-refractivity contribution is 5.12. The van der Waals surface area contributed by atoms with Gasteiger partial charge in [0.2, 0.25) is 0 Å². The standard InChI is InChI=1S/C9H15F.C2H3N.C2H6.C2H2/c1-4-8(3)6-7-9(10)5-2;1-2-3;2*1-2/h6-7H,4-5H2,1-3H3;1H3;1-2H3;1-2H/b8-6+,9-7+;;;. The van der Waals surface area contributed by atoms with Gasteiger partial charge in [-0.05, 0) is 25.8 Å². The second-order valence-corrected chi connectivity index (χ2v) is 2.56. The Bertz CT molecular complexity index is 223. The minimum Gasteiger partial charge on any atom is -0.212 e. The molecule has 0 saturated heterocycles. The number of nitriles is 1. The fraction of sp³-hybridized carbons (Fsp3) is 0.533. The molecule has 0 amide bonds. The zero-order chi connectivity index (χ0) is 14.7. The van der Waals surface area contributed by atoms with Crippen LogP contribution < -0.4 is 0 Å². The lowest BCUT2D eigenvalue weighted by atomic mass is 10.2. The van der Waals surface area contributed by atoms with Gasteiger partial charge in [0.25, 0.3) is 0 Å². The van der Waals surface area contributed by atoms with Crippen molar-refractivity contribution in [2.75, 3.05) is 0 Å². The molecule has 0 aromatic heterocycles.